The lowest BCUT2D eigenvalue weighted by Crippen LogP contribution is -2.22. The first kappa shape index (κ1) is 12.8. The Morgan fingerprint density at radius 1 is 1.39 bits per heavy atom. The Morgan fingerprint density at radius 2 is 2.11 bits per heavy atom. The summed E-state index contributed by atoms with van der Waals surface area (Å²) in [6.07, 6.45) is 3.44. The van der Waals surface area contributed by atoms with Gasteiger partial charge in [0.15, 0.2) is 11.5 Å². The maximum absolute atomic E-state index is 11.8. The van der Waals surface area contributed by atoms with Crippen LogP contribution in [0.25, 0.3) is 5.82 Å². The Balaban J connectivity index is 2.41. The van der Waals surface area contributed by atoms with Crippen molar-refractivity contribution in [2.24, 2.45) is 0 Å². The number of nitrogens with zero attached hydrogens (tertiary/aromatic N) is 4. The molecule has 2 heterocycles. The zero-order valence-corrected chi connectivity index (χ0v) is 12.0. The van der Waals surface area contributed by atoms with Gasteiger partial charge in [0.1, 0.15) is 0 Å². The molecule has 0 N–H and O–H groups in total. The van der Waals surface area contributed by atoms with Crippen LogP contribution in [-0.2, 0) is 0 Å². The molecule has 0 aliphatic rings. The molecule has 1 amide bonds. The molecule has 0 unspecified atom stereocenters. The Bertz CT molecular complexity index is 592. The molecule has 2 aromatic rings. The number of halogens is 1. The van der Waals surface area contributed by atoms with Gasteiger partial charge in [-0.2, -0.15) is 5.10 Å². The maximum atomic E-state index is 11.8. The molecule has 0 spiro atoms. The summed E-state index contributed by atoms with van der Waals surface area (Å²) in [6.45, 7) is 1.98. The fourth-order valence-electron chi connectivity index (χ4n) is 1.47. The van der Waals surface area contributed by atoms with E-state index in [1.54, 1.807) is 37.2 Å². The first-order valence-corrected chi connectivity index (χ1v) is 6.19. The molecule has 0 radical (unpaired) electrons. The minimum atomic E-state index is -0.127. The minimum absolute atomic E-state index is 0.127. The smallest absolute Gasteiger partial charge is 0.273 e. The van der Waals surface area contributed by atoms with E-state index in [0.717, 1.165) is 10.0 Å². The van der Waals surface area contributed by atoms with E-state index in [2.05, 4.69) is 26.0 Å². The SMILES string of the molecule is Cc1ccnc(-n2ccc(C(=O)N(C)C)n2)c1Br. The summed E-state index contributed by atoms with van der Waals surface area (Å²) in [5, 5.41) is 4.24. The number of aromatic nitrogens is 3. The molecule has 18 heavy (non-hydrogen) atoms. The first-order chi connectivity index (χ1) is 8.50. The van der Waals surface area contributed by atoms with Gasteiger partial charge in [-0.05, 0) is 40.5 Å². The average Bonchev–Trinajstić information content (AvgIpc) is 2.80. The summed E-state index contributed by atoms with van der Waals surface area (Å²) < 4.78 is 2.46. The van der Waals surface area contributed by atoms with E-state index >= 15 is 0 Å². The van der Waals surface area contributed by atoms with Crippen LogP contribution in [0.1, 0.15) is 16.1 Å². The highest BCUT2D eigenvalue weighted by Crippen LogP contribution is 2.21. The largest absolute Gasteiger partial charge is 0.343 e. The van der Waals surface area contributed by atoms with E-state index in [1.807, 2.05) is 13.0 Å². The Hall–Kier alpha value is -1.69. The second kappa shape index (κ2) is 4.89. The summed E-state index contributed by atoms with van der Waals surface area (Å²) in [4.78, 5) is 17.5. The number of amides is 1. The summed E-state index contributed by atoms with van der Waals surface area (Å²) in [5.41, 5.74) is 1.46. The zero-order chi connectivity index (χ0) is 13.3. The lowest BCUT2D eigenvalue weighted by Gasteiger charge is -2.07. The summed E-state index contributed by atoms with van der Waals surface area (Å²) in [7, 11) is 3.39. The van der Waals surface area contributed by atoms with E-state index in [1.165, 1.54) is 4.90 Å². The summed E-state index contributed by atoms with van der Waals surface area (Å²) in [6, 6.07) is 3.59. The van der Waals surface area contributed by atoms with Crippen molar-refractivity contribution in [1.29, 1.82) is 0 Å². The van der Waals surface area contributed by atoms with Crippen LogP contribution in [0.5, 0.6) is 0 Å². The van der Waals surface area contributed by atoms with Gasteiger partial charge in [0.25, 0.3) is 5.91 Å². The predicted molar refractivity (Wildman–Crippen MR) is 71.8 cm³/mol. The zero-order valence-electron chi connectivity index (χ0n) is 10.4. The van der Waals surface area contributed by atoms with Gasteiger partial charge in [0, 0.05) is 26.5 Å². The molecule has 6 heteroatoms. The molecular formula is C12H13BrN4O. The van der Waals surface area contributed by atoms with Gasteiger partial charge in [-0.15, -0.1) is 0 Å². The van der Waals surface area contributed by atoms with Crippen molar-refractivity contribution in [1.82, 2.24) is 19.7 Å². The van der Waals surface area contributed by atoms with Gasteiger partial charge in [0.05, 0.1) is 4.47 Å². The molecule has 2 aromatic heterocycles. The molecule has 0 saturated heterocycles. The average molecular weight is 309 g/mol. The molecule has 0 aliphatic carbocycles. The molecule has 0 atom stereocenters. The lowest BCUT2D eigenvalue weighted by molar-refractivity contribution is 0.0821. The van der Waals surface area contributed by atoms with Crippen LogP contribution >= 0.6 is 15.9 Å². The van der Waals surface area contributed by atoms with Crippen LogP contribution < -0.4 is 0 Å². The van der Waals surface area contributed by atoms with Gasteiger partial charge in [-0.25, -0.2) is 9.67 Å². The van der Waals surface area contributed by atoms with Crippen molar-refractivity contribution in [2.75, 3.05) is 14.1 Å². The predicted octanol–water partition coefficient (Wildman–Crippen LogP) is 2.04. The van der Waals surface area contributed by atoms with E-state index in [-0.39, 0.29) is 5.91 Å². The highest BCUT2D eigenvalue weighted by molar-refractivity contribution is 9.10. The molecule has 0 fully saturated rings. The number of pyridine rings is 1. The Labute approximate surface area is 114 Å². The Kier molecular flexibility index (Phi) is 3.47. The van der Waals surface area contributed by atoms with Crippen LogP contribution in [-0.4, -0.2) is 39.7 Å². The van der Waals surface area contributed by atoms with E-state index in [0.29, 0.717) is 11.5 Å². The van der Waals surface area contributed by atoms with Gasteiger partial charge in [0.2, 0.25) is 0 Å². The van der Waals surface area contributed by atoms with Crippen LogP contribution in [0.3, 0.4) is 0 Å². The monoisotopic (exact) mass is 308 g/mol. The van der Waals surface area contributed by atoms with Crippen molar-refractivity contribution >= 4 is 21.8 Å². The standard InChI is InChI=1S/C12H13BrN4O/c1-8-4-6-14-11(10(8)13)17-7-5-9(15-17)12(18)16(2)3/h4-7H,1-3H3. The molecule has 0 saturated carbocycles. The van der Waals surface area contributed by atoms with Gasteiger partial charge in [-0.3, -0.25) is 4.79 Å². The minimum Gasteiger partial charge on any atom is -0.343 e. The number of hydrogen-bond donors (Lipinski definition) is 0. The normalized spacial score (nSPS) is 10.4. The molecular weight excluding hydrogens is 296 g/mol. The third-order valence-corrected chi connectivity index (χ3v) is 3.48. The van der Waals surface area contributed by atoms with Crippen molar-refractivity contribution in [2.45, 2.75) is 6.92 Å². The number of rotatable bonds is 2. The summed E-state index contributed by atoms with van der Waals surface area (Å²) in [5.74, 6) is 0.547. The maximum Gasteiger partial charge on any atom is 0.273 e. The molecule has 5 nitrogen and oxygen atoms in total. The number of carbonyl (C=O) groups is 1. The van der Waals surface area contributed by atoms with Crippen molar-refractivity contribution in [3.05, 3.63) is 40.3 Å². The van der Waals surface area contributed by atoms with Crippen LogP contribution in [0, 0.1) is 6.92 Å². The van der Waals surface area contributed by atoms with Gasteiger partial charge >= 0.3 is 0 Å². The Morgan fingerprint density at radius 3 is 2.78 bits per heavy atom. The fraction of sp³-hybridized carbons (Fsp3) is 0.250. The molecule has 0 aromatic carbocycles. The van der Waals surface area contributed by atoms with Crippen LogP contribution in [0.15, 0.2) is 29.0 Å². The summed E-state index contributed by atoms with van der Waals surface area (Å²) >= 11 is 3.47. The van der Waals surface area contributed by atoms with E-state index < -0.39 is 0 Å². The molecule has 94 valence electrons. The van der Waals surface area contributed by atoms with E-state index in [9.17, 15) is 4.79 Å². The van der Waals surface area contributed by atoms with Crippen molar-refractivity contribution in [3.63, 3.8) is 0 Å². The third kappa shape index (κ3) is 2.28. The topological polar surface area (TPSA) is 51.0 Å². The fourth-order valence-corrected chi connectivity index (χ4v) is 1.89. The van der Waals surface area contributed by atoms with Gasteiger partial charge < -0.3 is 4.90 Å². The second-order valence-corrected chi connectivity index (χ2v) is 4.90. The lowest BCUT2D eigenvalue weighted by atomic mass is 10.3. The van der Waals surface area contributed by atoms with Crippen molar-refractivity contribution < 1.29 is 4.79 Å². The van der Waals surface area contributed by atoms with Crippen molar-refractivity contribution in [3.8, 4) is 5.82 Å². The molecule has 0 bridgehead atoms. The van der Waals surface area contributed by atoms with E-state index in [4.69, 9.17) is 0 Å². The van der Waals surface area contributed by atoms with Crippen LogP contribution in [0.4, 0.5) is 0 Å². The number of hydrogen-bond acceptors (Lipinski definition) is 3. The molecule has 2 rings (SSSR count). The number of aryl methyl sites for hydroxylation is 1. The molecule has 0 aliphatic heterocycles. The second-order valence-electron chi connectivity index (χ2n) is 4.11. The highest BCUT2D eigenvalue weighted by Gasteiger charge is 2.14. The first-order valence-electron chi connectivity index (χ1n) is 5.39. The van der Waals surface area contributed by atoms with Crippen LogP contribution in [0.2, 0.25) is 0 Å². The quantitative estimate of drug-likeness (QED) is 0.853. The number of carbonyl (C=O) groups excluding carboxylic acids is 1. The van der Waals surface area contributed by atoms with Gasteiger partial charge in [-0.1, -0.05) is 0 Å². The third-order valence-electron chi connectivity index (χ3n) is 2.50. The highest BCUT2D eigenvalue weighted by atomic mass is 79.9.